The van der Waals surface area contributed by atoms with Gasteiger partial charge in [0.1, 0.15) is 0 Å². The molecule has 0 atom stereocenters. The van der Waals surface area contributed by atoms with E-state index in [4.69, 9.17) is 5.11 Å². The summed E-state index contributed by atoms with van der Waals surface area (Å²) in [7, 11) is -4.32. The first-order valence-corrected chi connectivity index (χ1v) is 7.29. The van der Waals surface area contributed by atoms with Crippen molar-refractivity contribution < 1.29 is 24.3 Å². The van der Waals surface area contributed by atoms with Crippen LogP contribution in [0.15, 0.2) is 24.3 Å². The van der Waals surface area contributed by atoms with Gasteiger partial charge >= 0.3 is 13.6 Å². The Morgan fingerprint density at radius 2 is 1.61 bits per heavy atom. The van der Waals surface area contributed by atoms with Crippen molar-refractivity contribution in [1.82, 2.24) is 0 Å². The molecule has 0 aliphatic carbocycles. The summed E-state index contributed by atoms with van der Waals surface area (Å²) in [4.78, 5) is 29.9. The predicted octanol–water partition coefficient (Wildman–Crippen LogP) is 2.58. The first-order chi connectivity index (χ1) is 8.28. The summed E-state index contributed by atoms with van der Waals surface area (Å²) >= 11 is 0. The average Bonchev–Trinajstić information content (AvgIpc) is 2.30. The molecule has 0 spiro atoms. The molecule has 5 nitrogen and oxygen atoms in total. The Kier molecular flexibility index (Phi) is 4.32. The van der Waals surface area contributed by atoms with E-state index in [1.807, 2.05) is 0 Å². The van der Waals surface area contributed by atoms with Crippen LogP contribution in [0.1, 0.15) is 42.6 Å². The summed E-state index contributed by atoms with van der Waals surface area (Å²) in [5.41, 5.74) is 0.580. The van der Waals surface area contributed by atoms with Gasteiger partial charge in [0, 0.05) is 0 Å². The van der Waals surface area contributed by atoms with E-state index in [1.54, 1.807) is 13.8 Å². The Balaban J connectivity index is 3.32. The van der Waals surface area contributed by atoms with E-state index in [-0.39, 0.29) is 5.56 Å². The fourth-order valence-corrected chi connectivity index (χ4v) is 3.47. The standard InChI is InChI=1S/C12H17O5P/c1-3-12(4-2,18(15,16)17)10-7-5-9(6-8-10)11(13)14/h5-8H,3-4H2,1-2H3,(H,13,14)(H2,15,16,17). The zero-order valence-corrected chi connectivity index (χ0v) is 11.2. The largest absolute Gasteiger partial charge is 0.478 e. The van der Waals surface area contributed by atoms with Gasteiger partial charge < -0.3 is 14.9 Å². The van der Waals surface area contributed by atoms with Gasteiger partial charge in [0.05, 0.1) is 10.7 Å². The van der Waals surface area contributed by atoms with Gasteiger partial charge in [-0.15, -0.1) is 0 Å². The Morgan fingerprint density at radius 3 is 1.89 bits per heavy atom. The zero-order chi connectivity index (χ0) is 14.0. The third-order valence-corrected chi connectivity index (χ3v) is 5.40. The van der Waals surface area contributed by atoms with E-state index in [0.717, 1.165) is 0 Å². The minimum absolute atomic E-state index is 0.102. The second kappa shape index (κ2) is 5.22. The van der Waals surface area contributed by atoms with Gasteiger partial charge in [-0.2, -0.15) is 0 Å². The maximum absolute atomic E-state index is 11.7. The summed E-state index contributed by atoms with van der Waals surface area (Å²) in [6.07, 6.45) is 0.584. The van der Waals surface area contributed by atoms with Crippen LogP contribution in [0.3, 0.4) is 0 Å². The van der Waals surface area contributed by atoms with Crippen molar-refractivity contribution in [3.8, 4) is 0 Å². The third-order valence-electron chi connectivity index (χ3n) is 3.40. The lowest BCUT2D eigenvalue weighted by Gasteiger charge is -2.32. The lowest BCUT2D eigenvalue weighted by Crippen LogP contribution is -2.24. The van der Waals surface area contributed by atoms with E-state index in [9.17, 15) is 19.1 Å². The molecule has 0 aromatic heterocycles. The summed E-state index contributed by atoms with van der Waals surface area (Å²) < 4.78 is 11.7. The first-order valence-electron chi connectivity index (χ1n) is 5.68. The Labute approximate surface area is 106 Å². The van der Waals surface area contributed by atoms with Crippen molar-refractivity contribution >= 4 is 13.6 Å². The lowest BCUT2D eigenvalue weighted by atomic mass is 9.92. The van der Waals surface area contributed by atoms with Gasteiger partial charge in [-0.1, -0.05) is 26.0 Å². The van der Waals surface area contributed by atoms with Gasteiger partial charge in [0.15, 0.2) is 0 Å². The predicted molar refractivity (Wildman–Crippen MR) is 67.7 cm³/mol. The normalized spacial score (nSPS) is 12.4. The number of carbonyl (C=O) groups is 1. The van der Waals surface area contributed by atoms with Crippen molar-refractivity contribution in [2.24, 2.45) is 0 Å². The highest BCUT2D eigenvalue weighted by atomic mass is 31.2. The minimum Gasteiger partial charge on any atom is -0.478 e. The summed E-state index contributed by atoms with van der Waals surface area (Å²) in [6, 6.07) is 5.70. The molecule has 6 heteroatoms. The Bertz CT molecular complexity index is 470. The Hall–Kier alpha value is -1.16. The molecule has 0 heterocycles. The van der Waals surface area contributed by atoms with E-state index in [0.29, 0.717) is 18.4 Å². The third kappa shape index (κ3) is 2.48. The molecule has 1 rings (SSSR count). The van der Waals surface area contributed by atoms with Crippen molar-refractivity contribution in [3.63, 3.8) is 0 Å². The van der Waals surface area contributed by atoms with E-state index >= 15 is 0 Å². The number of aromatic carboxylic acids is 1. The monoisotopic (exact) mass is 272 g/mol. The second-order valence-corrected chi connectivity index (χ2v) is 6.11. The van der Waals surface area contributed by atoms with Crippen molar-refractivity contribution in [3.05, 3.63) is 35.4 Å². The van der Waals surface area contributed by atoms with Crippen LogP contribution in [0.25, 0.3) is 0 Å². The molecule has 0 saturated heterocycles. The molecule has 3 N–H and O–H groups in total. The van der Waals surface area contributed by atoms with Crippen LogP contribution in [0.5, 0.6) is 0 Å². The van der Waals surface area contributed by atoms with Gasteiger partial charge in [-0.05, 0) is 30.5 Å². The number of hydrogen-bond acceptors (Lipinski definition) is 2. The summed E-state index contributed by atoms with van der Waals surface area (Å²) in [5, 5.41) is 7.57. The van der Waals surface area contributed by atoms with Crippen LogP contribution in [-0.4, -0.2) is 20.9 Å². The molecule has 0 aliphatic heterocycles. The highest BCUT2D eigenvalue weighted by molar-refractivity contribution is 7.53. The van der Waals surface area contributed by atoms with E-state index in [1.165, 1.54) is 24.3 Å². The van der Waals surface area contributed by atoms with Crippen LogP contribution in [-0.2, 0) is 9.72 Å². The van der Waals surface area contributed by atoms with Gasteiger partial charge in [0.25, 0.3) is 0 Å². The lowest BCUT2D eigenvalue weighted by molar-refractivity contribution is 0.0697. The van der Waals surface area contributed by atoms with Gasteiger partial charge in [-0.3, -0.25) is 4.57 Å². The van der Waals surface area contributed by atoms with Crippen LogP contribution in [0, 0.1) is 0 Å². The summed E-state index contributed by atoms with van der Waals surface area (Å²) in [6.45, 7) is 3.43. The van der Waals surface area contributed by atoms with Crippen LogP contribution in [0.2, 0.25) is 0 Å². The van der Waals surface area contributed by atoms with Crippen LogP contribution >= 0.6 is 7.60 Å². The maximum Gasteiger partial charge on any atom is 0.335 e. The fraction of sp³-hybridized carbons (Fsp3) is 0.417. The van der Waals surface area contributed by atoms with Crippen molar-refractivity contribution in [2.75, 3.05) is 0 Å². The number of rotatable bonds is 5. The van der Waals surface area contributed by atoms with Crippen LogP contribution in [0.4, 0.5) is 0 Å². The highest BCUT2D eigenvalue weighted by Crippen LogP contribution is 2.60. The quantitative estimate of drug-likeness (QED) is 0.716. The molecule has 0 saturated carbocycles. The molecule has 0 unspecified atom stereocenters. The molecular formula is C12H17O5P. The molecule has 0 fully saturated rings. The number of carboxylic acid groups (broad SMARTS) is 1. The molecular weight excluding hydrogens is 255 g/mol. The number of benzene rings is 1. The second-order valence-electron chi connectivity index (χ2n) is 4.17. The highest BCUT2D eigenvalue weighted by Gasteiger charge is 2.45. The van der Waals surface area contributed by atoms with Crippen molar-refractivity contribution in [2.45, 2.75) is 31.8 Å². The minimum atomic E-state index is -4.32. The number of hydrogen-bond donors (Lipinski definition) is 3. The van der Waals surface area contributed by atoms with Crippen molar-refractivity contribution in [1.29, 1.82) is 0 Å². The Morgan fingerprint density at radius 1 is 1.17 bits per heavy atom. The smallest absolute Gasteiger partial charge is 0.335 e. The SMILES string of the molecule is CCC(CC)(c1ccc(C(=O)O)cc1)P(=O)(O)O. The molecule has 18 heavy (non-hydrogen) atoms. The number of carboxylic acids is 1. The fourth-order valence-electron chi connectivity index (χ4n) is 2.16. The van der Waals surface area contributed by atoms with Gasteiger partial charge in [-0.25, -0.2) is 4.79 Å². The molecule has 1 aromatic rings. The molecule has 0 radical (unpaired) electrons. The first kappa shape index (κ1) is 14.9. The van der Waals surface area contributed by atoms with E-state index in [2.05, 4.69) is 0 Å². The molecule has 0 aliphatic rings. The topological polar surface area (TPSA) is 94.8 Å². The zero-order valence-electron chi connectivity index (χ0n) is 10.3. The van der Waals surface area contributed by atoms with Gasteiger partial charge in [0.2, 0.25) is 0 Å². The summed E-state index contributed by atoms with van der Waals surface area (Å²) in [5.74, 6) is -1.06. The molecule has 100 valence electrons. The maximum atomic E-state index is 11.7. The average molecular weight is 272 g/mol. The van der Waals surface area contributed by atoms with Crippen LogP contribution < -0.4 is 0 Å². The van der Waals surface area contributed by atoms with E-state index < -0.39 is 18.7 Å². The molecule has 0 bridgehead atoms. The molecule has 1 aromatic carbocycles. The molecule has 0 amide bonds.